The maximum Gasteiger partial charge on any atom is 0.406 e. The number of ether oxygens (including phenoxy) is 1. The molecule has 1 aliphatic heterocycles. The van der Waals surface area contributed by atoms with Crippen LogP contribution in [0.3, 0.4) is 0 Å². The molecular formula is C42H54N8O6S. The second-order valence-electron chi connectivity index (χ2n) is 15.7. The van der Waals surface area contributed by atoms with Gasteiger partial charge in [0, 0.05) is 61.7 Å². The normalized spacial score (nSPS) is 14.3. The summed E-state index contributed by atoms with van der Waals surface area (Å²) in [7, 11) is 1.26. The van der Waals surface area contributed by atoms with Crippen molar-refractivity contribution in [3.63, 3.8) is 0 Å². The van der Waals surface area contributed by atoms with Gasteiger partial charge in [0.05, 0.1) is 35.5 Å². The van der Waals surface area contributed by atoms with E-state index in [2.05, 4.69) is 36.2 Å². The molecule has 5 rings (SSSR count). The lowest BCUT2D eigenvalue weighted by molar-refractivity contribution is -0.131. The SMILES string of the molecule is COC(=O)NCC(C)(C)C(=O)NNCc1ccc(-c2ccccn2)c(CC(O)(CCc2ccccc2)NC(=O)CC(C)(C)N2CCN(Cc3csc(C)n3)C2=O)c1. The van der Waals surface area contributed by atoms with Crippen molar-refractivity contribution in [3.05, 3.63) is 106 Å². The van der Waals surface area contributed by atoms with Crippen molar-refractivity contribution in [1.29, 1.82) is 0 Å². The number of urea groups is 1. The van der Waals surface area contributed by atoms with Gasteiger partial charge in [-0.15, -0.1) is 11.3 Å². The fourth-order valence-electron chi connectivity index (χ4n) is 6.78. The molecule has 1 fully saturated rings. The standard InChI is InChI=1S/C42H54N8O6S/c1-29-46-33(27-57-29)26-49-20-21-50(39(49)54)41(4,5)24-36(51)47-42(55,18-17-30-12-8-7-9-13-30)23-32-22-31(15-16-34(32)35-14-10-11-19-43-35)25-45-48-37(52)40(2,3)28-44-38(53)56-6/h7-16,19,22,27,45,55H,17-18,20-21,23-26,28H2,1-6H3,(H,44,53)(H,47,51)(H,48,52). The number of nitrogens with zero attached hydrogens (tertiary/aromatic N) is 4. The summed E-state index contributed by atoms with van der Waals surface area (Å²) in [5.74, 6) is -0.718. The van der Waals surface area contributed by atoms with Gasteiger partial charge in [-0.3, -0.25) is 20.0 Å². The number of aromatic nitrogens is 2. The maximum atomic E-state index is 14.0. The predicted octanol–water partition coefficient (Wildman–Crippen LogP) is 5.10. The summed E-state index contributed by atoms with van der Waals surface area (Å²) in [5.41, 5.74) is 7.11. The van der Waals surface area contributed by atoms with Crippen LogP contribution >= 0.6 is 11.3 Å². The number of carbonyl (C=O) groups is 4. The first-order valence-electron chi connectivity index (χ1n) is 19.0. The molecule has 0 radical (unpaired) electrons. The Balaban J connectivity index is 1.34. The number of thiazole rings is 1. The first-order valence-corrected chi connectivity index (χ1v) is 19.9. The lowest BCUT2D eigenvalue weighted by atomic mass is 9.90. The zero-order chi connectivity index (χ0) is 41.2. The molecule has 0 aliphatic carbocycles. The highest BCUT2D eigenvalue weighted by Crippen LogP contribution is 2.30. The fourth-order valence-corrected chi connectivity index (χ4v) is 7.39. The highest BCUT2D eigenvalue weighted by atomic mass is 32.1. The molecule has 1 unspecified atom stereocenters. The van der Waals surface area contributed by atoms with Crippen molar-refractivity contribution in [2.45, 2.75) is 84.7 Å². The molecular weight excluding hydrogens is 745 g/mol. The van der Waals surface area contributed by atoms with Crippen LogP contribution in [0.1, 0.15) is 67.9 Å². The molecule has 5 amide bonds. The minimum atomic E-state index is -1.69. The number of hydrogen-bond donors (Lipinski definition) is 5. The smallest absolute Gasteiger partial charge is 0.406 e. The number of aliphatic hydroxyl groups is 1. The van der Waals surface area contributed by atoms with E-state index in [0.29, 0.717) is 31.7 Å². The third-order valence-corrected chi connectivity index (χ3v) is 10.9. The third kappa shape index (κ3) is 11.8. The van der Waals surface area contributed by atoms with E-state index < -0.39 is 22.8 Å². The molecule has 4 aromatic rings. The monoisotopic (exact) mass is 798 g/mol. The van der Waals surface area contributed by atoms with Crippen LogP contribution in [-0.2, 0) is 40.3 Å². The highest BCUT2D eigenvalue weighted by Gasteiger charge is 2.41. The predicted molar refractivity (Wildman–Crippen MR) is 218 cm³/mol. The molecule has 304 valence electrons. The molecule has 0 bridgehead atoms. The van der Waals surface area contributed by atoms with Gasteiger partial charge < -0.3 is 30.3 Å². The molecule has 0 spiro atoms. The molecule has 1 saturated heterocycles. The average Bonchev–Trinajstić information content (AvgIpc) is 3.77. The summed E-state index contributed by atoms with van der Waals surface area (Å²) in [6.07, 6.45) is 1.79. The van der Waals surface area contributed by atoms with E-state index in [-0.39, 0.29) is 50.2 Å². The zero-order valence-corrected chi connectivity index (χ0v) is 34.4. The molecule has 1 aliphatic rings. The van der Waals surface area contributed by atoms with Gasteiger partial charge >= 0.3 is 12.1 Å². The molecule has 0 saturated carbocycles. The Hall–Kier alpha value is -5.38. The number of nitrogens with one attached hydrogen (secondary N) is 4. The van der Waals surface area contributed by atoms with E-state index in [1.807, 2.05) is 92.9 Å². The molecule has 1 atom stereocenters. The van der Waals surface area contributed by atoms with Crippen LogP contribution in [0.4, 0.5) is 9.59 Å². The van der Waals surface area contributed by atoms with Gasteiger partial charge in [-0.25, -0.2) is 20.0 Å². The van der Waals surface area contributed by atoms with Crippen LogP contribution in [0.25, 0.3) is 11.3 Å². The van der Waals surface area contributed by atoms with Crippen LogP contribution in [-0.4, -0.2) is 86.8 Å². The summed E-state index contributed by atoms with van der Waals surface area (Å²) in [4.78, 5) is 64.6. The fraction of sp³-hybridized carbons (Fsp3) is 0.429. The van der Waals surface area contributed by atoms with Gasteiger partial charge in [0.15, 0.2) is 0 Å². The van der Waals surface area contributed by atoms with Crippen molar-refractivity contribution < 1.29 is 29.0 Å². The van der Waals surface area contributed by atoms with E-state index >= 15 is 0 Å². The number of methoxy groups -OCH3 is 1. The Morgan fingerprint density at radius 2 is 1.74 bits per heavy atom. The van der Waals surface area contributed by atoms with Crippen molar-refractivity contribution in [3.8, 4) is 11.3 Å². The number of carbonyl (C=O) groups excluding carboxylic acids is 4. The highest BCUT2D eigenvalue weighted by molar-refractivity contribution is 7.09. The topological polar surface area (TPSA) is 178 Å². The van der Waals surface area contributed by atoms with Gasteiger partial charge in [-0.1, -0.05) is 54.6 Å². The van der Waals surface area contributed by atoms with E-state index in [4.69, 9.17) is 0 Å². The van der Waals surface area contributed by atoms with Gasteiger partial charge in [0.1, 0.15) is 5.72 Å². The molecule has 2 aromatic heterocycles. The molecule has 2 aromatic carbocycles. The van der Waals surface area contributed by atoms with Crippen LogP contribution in [0.2, 0.25) is 0 Å². The number of benzene rings is 2. The van der Waals surface area contributed by atoms with Crippen molar-refractivity contribution in [2.75, 3.05) is 26.7 Å². The molecule has 14 nitrogen and oxygen atoms in total. The summed E-state index contributed by atoms with van der Waals surface area (Å²) in [6.45, 7) is 10.8. The van der Waals surface area contributed by atoms with Crippen LogP contribution < -0.4 is 21.5 Å². The first kappa shape index (κ1) is 42.8. The second kappa shape index (κ2) is 18.7. The van der Waals surface area contributed by atoms with E-state index in [1.165, 1.54) is 7.11 Å². The third-order valence-electron chi connectivity index (χ3n) is 10.0. The number of hydrazine groups is 1. The molecule has 5 N–H and O–H groups in total. The minimum Gasteiger partial charge on any atom is -0.453 e. The van der Waals surface area contributed by atoms with Crippen LogP contribution in [0.5, 0.6) is 0 Å². The minimum absolute atomic E-state index is 0.0295. The number of amides is 5. The van der Waals surface area contributed by atoms with Gasteiger partial charge in [-0.2, -0.15) is 0 Å². The molecule has 15 heteroatoms. The molecule has 57 heavy (non-hydrogen) atoms. The van der Waals surface area contributed by atoms with Crippen molar-refractivity contribution in [2.24, 2.45) is 5.41 Å². The summed E-state index contributed by atoms with van der Waals surface area (Å²) >= 11 is 1.55. The largest absolute Gasteiger partial charge is 0.453 e. The van der Waals surface area contributed by atoms with Gasteiger partial charge in [-0.05, 0) is 76.3 Å². The Bertz CT molecular complexity index is 2010. The second-order valence-corrected chi connectivity index (χ2v) is 16.8. The number of pyridine rings is 1. The lowest BCUT2D eigenvalue weighted by Crippen LogP contribution is -2.54. The number of rotatable bonds is 18. The Morgan fingerprint density at radius 3 is 2.42 bits per heavy atom. The van der Waals surface area contributed by atoms with E-state index in [9.17, 15) is 24.3 Å². The Morgan fingerprint density at radius 1 is 0.982 bits per heavy atom. The number of alkyl carbamates (subject to hydrolysis) is 1. The number of hydrogen-bond acceptors (Lipinski definition) is 10. The van der Waals surface area contributed by atoms with E-state index in [1.54, 1.807) is 41.2 Å². The summed E-state index contributed by atoms with van der Waals surface area (Å²) < 4.78 is 4.62. The van der Waals surface area contributed by atoms with Crippen molar-refractivity contribution in [1.82, 2.24) is 41.3 Å². The first-order chi connectivity index (χ1) is 27.1. The van der Waals surface area contributed by atoms with Gasteiger partial charge in [0.2, 0.25) is 11.8 Å². The van der Waals surface area contributed by atoms with E-state index in [0.717, 1.165) is 33.0 Å². The van der Waals surface area contributed by atoms with Crippen LogP contribution in [0.15, 0.2) is 78.3 Å². The van der Waals surface area contributed by atoms with Gasteiger partial charge in [0.25, 0.3) is 0 Å². The van der Waals surface area contributed by atoms with Crippen molar-refractivity contribution >= 4 is 35.3 Å². The summed E-state index contributed by atoms with van der Waals surface area (Å²) in [6, 6.07) is 21.0. The van der Waals surface area contributed by atoms with Crippen LogP contribution in [0, 0.1) is 12.3 Å². The zero-order valence-electron chi connectivity index (χ0n) is 33.6. The maximum absolute atomic E-state index is 14.0. The molecule has 3 heterocycles. The average molecular weight is 799 g/mol. The summed E-state index contributed by atoms with van der Waals surface area (Å²) in [5, 5.41) is 20.9. The lowest BCUT2D eigenvalue weighted by Gasteiger charge is -2.37. The Kier molecular flexibility index (Phi) is 14.0. The Labute approximate surface area is 338 Å². The quantitative estimate of drug-likeness (QED) is 0.0677. The number of aryl methyl sites for hydroxylation is 2.